The first-order valence-electron chi connectivity index (χ1n) is 3.61. The first-order chi connectivity index (χ1) is 4.63. The van der Waals surface area contributed by atoms with Crippen LogP contribution in [-0.4, -0.2) is 17.1 Å². The molecule has 0 aromatic heterocycles. The van der Waals surface area contributed by atoms with Crippen LogP contribution in [0, 0.1) is 11.8 Å². The highest BCUT2D eigenvalue weighted by atomic mass is 16.4. The van der Waals surface area contributed by atoms with Crippen LogP contribution in [0.15, 0.2) is 0 Å². The summed E-state index contributed by atoms with van der Waals surface area (Å²) in [5, 5.41) is 8.67. The van der Waals surface area contributed by atoms with Gasteiger partial charge in [-0.3, -0.25) is 4.79 Å². The Labute approximate surface area is 60.2 Å². The van der Waals surface area contributed by atoms with E-state index in [2.05, 4.69) is 0 Å². The maximum absolute atomic E-state index is 10.5. The molecule has 0 bridgehead atoms. The molecule has 1 saturated carbocycles. The van der Waals surface area contributed by atoms with Crippen LogP contribution in [-0.2, 0) is 4.79 Å². The normalized spacial score (nSPS) is 40.0. The molecule has 0 saturated heterocycles. The summed E-state index contributed by atoms with van der Waals surface area (Å²) in [5.41, 5.74) is 5.59. The number of hydrogen-bond acceptors (Lipinski definition) is 2. The summed E-state index contributed by atoms with van der Waals surface area (Å²) < 4.78 is 0. The van der Waals surface area contributed by atoms with Crippen molar-refractivity contribution in [2.24, 2.45) is 17.6 Å². The van der Waals surface area contributed by atoms with Crippen molar-refractivity contribution in [3.8, 4) is 0 Å². The van der Waals surface area contributed by atoms with Gasteiger partial charge in [-0.1, -0.05) is 6.92 Å². The van der Waals surface area contributed by atoms with Gasteiger partial charge in [-0.15, -0.1) is 0 Å². The molecule has 3 atom stereocenters. The van der Waals surface area contributed by atoms with Crippen molar-refractivity contribution in [2.75, 3.05) is 0 Å². The lowest BCUT2D eigenvalue weighted by Crippen LogP contribution is -2.33. The van der Waals surface area contributed by atoms with Gasteiger partial charge in [-0.25, -0.2) is 0 Å². The number of carboxylic acids is 1. The zero-order valence-electron chi connectivity index (χ0n) is 6.08. The first-order valence-corrected chi connectivity index (χ1v) is 3.61. The number of nitrogens with two attached hydrogens (primary N) is 1. The van der Waals surface area contributed by atoms with E-state index >= 15 is 0 Å². The van der Waals surface area contributed by atoms with Gasteiger partial charge in [0, 0.05) is 6.04 Å². The second-order valence-corrected chi connectivity index (χ2v) is 3.08. The van der Waals surface area contributed by atoms with Gasteiger partial charge in [0.1, 0.15) is 0 Å². The van der Waals surface area contributed by atoms with Crippen LogP contribution in [0.2, 0.25) is 0 Å². The topological polar surface area (TPSA) is 63.3 Å². The number of carbonyl (C=O) groups is 1. The minimum atomic E-state index is -0.738. The van der Waals surface area contributed by atoms with E-state index in [9.17, 15) is 4.79 Å². The van der Waals surface area contributed by atoms with Gasteiger partial charge in [0.15, 0.2) is 0 Å². The summed E-state index contributed by atoms with van der Waals surface area (Å²) in [6, 6.07) is -0.118. The highest BCUT2D eigenvalue weighted by molar-refractivity contribution is 5.71. The smallest absolute Gasteiger partial charge is 0.308 e. The van der Waals surface area contributed by atoms with Gasteiger partial charge < -0.3 is 10.8 Å². The zero-order valence-corrected chi connectivity index (χ0v) is 6.08. The molecule has 10 heavy (non-hydrogen) atoms. The fraction of sp³-hybridized carbons (Fsp3) is 0.857. The van der Waals surface area contributed by atoms with Gasteiger partial charge in [0.25, 0.3) is 0 Å². The monoisotopic (exact) mass is 143 g/mol. The molecule has 0 amide bonds. The molecule has 58 valence electrons. The quantitative estimate of drug-likeness (QED) is 0.560. The van der Waals surface area contributed by atoms with E-state index in [0.29, 0.717) is 0 Å². The molecular weight excluding hydrogens is 130 g/mol. The van der Waals surface area contributed by atoms with Gasteiger partial charge in [-0.05, 0) is 18.8 Å². The van der Waals surface area contributed by atoms with Crippen molar-refractivity contribution < 1.29 is 9.90 Å². The highest BCUT2D eigenvalue weighted by Gasteiger charge is 2.35. The minimum Gasteiger partial charge on any atom is -0.481 e. The Morgan fingerprint density at radius 2 is 2.20 bits per heavy atom. The summed E-state index contributed by atoms with van der Waals surface area (Å²) in [4.78, 5) is 10.5. The van der Waals surface area contributed by atoms with Crippen LogP contribution >= 0.6 is 0 Å². The summed E-state index contributed by atoms with van der Waals surface area (Å²) in [5.74, 6) is -0.787. The molecule has 0 aliphatic heterocycles. The molecule has 1 aliphatic rings. The number of hydrogen-bond donors (Lipinski definition) is 2. The van der Waals surface area contributed by atoms with E-state index in [1.807, 2.05) is 6.92 Å². The summed E-state index contributed by atoms with van der Waals surface area (Å²) in [6.45, 7) is 1.95. The van der Waals surface area contributed by atoms with Gasteiger partial charge in [0.2, 0.25) is 0 Å². The molecule has 1 rings (SSSR count). The van der Waals surface area contributed by atoms with Crippen LogP contribution in [0.4, 0.5) is 0 Å². The first kappa shape index (κ1) is 7.54. The molecule has 1 fully saturated rings. The molecular formula is C7H13NO2. The average molecular weight is 143 g/mol. The molecule has 0 heterocycles. The highest BCUT2D eigenvalue weighted by Crippen LogP contribution is 2.30. The fourth-order valence-electron chi connectivity index (χ4n) is 1.66. The van der Waals surface area contributed by atoms with Crippen molar-refractivity contribution in [1.29, 1.82) is 0 Å². The van der Waals surface area contributed by atoms with E-state index in [1.165, 1.54) is 0 Å². The Bertz CT molecular complexity index is 137. The molecule has 0 aromatic carbocycles. The Kier molecular flexibility index (Phi) is 1.94. The molecule has 3 heteroatoms. The molecule has 0 radical (unpaired) electrons. The second-order valence-electron chi connectivity index (χ2n) is 3.08. The molecule has 3 N–H and O–H groups in total. The zero-order chi connectivity index (χ0) is 7.72. The van der Waals surface area contributed by atoms with Crippen molar-refractivity contribution >= 4 is 5.97 Å². The van der Waals surface area contributed by atoms with Crippen molar-refractivity contribution in [3.05, 3.63) is 0 Å². The summed E-state index contributed by atoms with van der Waals surface area (Å²) >= 11 is 0. The third-order valence-electron chi connectivity index (χ3n) is 2.31. The minimum absolute atomic E-state index is 0.118. The third kappa shape index (κ3) is 1.14. The predicted octanol–water partition coefficient (Wildman–Crippen LogP) is 0.444. The lowest BCUT2D eigenvalue weighted by molar-refractivity contribution is -0.143. The number of carboxylic acid groups (broad SMARTS) is 1. The Morgan fingerprint density at radius 1 is 1.60 bits per heavy atom. The predicted molar refractivity (Wildman–Crippen MR) is 37.5 cm³/mol. The largest absolute Gasteiger partial charge is 0.481 e. The van der Waals surface area contributed by atoms with Crippen molar-refractivity contribution in [2.45, 2.75) is 25.8 Å². The molecule has 1 aliphatic carbocycles. The third-order valence-corrected chi connectivity index (χ3v) is 2.31. The lowest BCUT2D eigenvalue weighted by Gasteiger charge is -2.13. The van der Waals surface area contributed by atoms with Crippen LogP contribution in [0.5, 0.6) is 0 Å². The van der Waals surface area contributed by atoms with Crippen LogP contribution in [0.25, 0.3) is 0 Å². The van der Waals surface area contributed by atoms with Gasteiger partial charge >= 0.3 is 5.97 Å². The average Bonchev–Trinajstić information content (AvgIpc) is 2.11. The van der Waals surface area contributed by atoms with E-state index < -0.39 is 5.97 Å². The van der Waals surface area contributed by atoms with E-state index in [1.54, 1.807) is 0 Å². The van der Waals surface area contributed by atoms with E-state index in [4.69, 9.17) is 10.8 Å². The lowest BCUT2D eigenvalue weighted by atomic mass is 9.96. The van der Waals surface area contributed by atoms with Gasteiger partial charge in [0.05, 0.1) is 5.92 Å². The van der Waals surface area contributed by atoms with Crippen LogP contribution < -0.4 is 5.73 Å². The maximum atomic E-state index is 10.5. The Hall–Kier alpha value is -0.570. The van der Waals surface area contributed by atoms with E-state index in [-0.39, 0.29) is 17.9 Å². The number of rotatable bonds is 1. The maximum Gasteiger partial charge on any atom is 0.308 e. The fourth-order valence-corrected chi connectivity index (χ4v) is 1.66. The van der Waals surface area contributed by atoms with Crippen LogP contribution in [0.1, 0.15) is 19.8 Å². The standard InChI is InChI=1S/C7H13NO2/c1-4-2-3-5(8)6(4)7(9)10/h4-6H,2-3,8H2,1H3,(H,9,10)/t4-,5+,6+/m1/s1. The Morgan fingerprint density at radius 3 is 2.40 bits per heavy atom. The number of aliphatic carboxylic acids is 1. The van der Waals surface area contributed by atoms with Crippen molar-refractivity contribution in [1.82, 2.24) is 0 Å². The van der Waals surface area contributed by atoms with Crippen LogP contribution in [0.3, 0.4) is 0 Å². The summed E-state index contributed by atoms with van der Waals surface area (Å²) in [6.07, 6.45) is 1.82. The Balaban J connectivity index is 2.63. The molecule has 0 spiro atoms. The molecule has 0 unspecified atom stereocenters. The van der Waals surface area contributed by atoms with E-state index in [0.717, 1.165) is 12.8 Å². The summed E-state index contributed by atoms with van der Waals surface area (Å²) in [7, 11) is 0. The van der Waals surface area contributed by atoms with Gasteiger partial charge in [-0.2, -0.15) is 0 Å². The second kappa shape index (κ2) is 2.58. The van der Waals surface area contributed by atoms with Crippen molar-refractivity contribution in [3.63, 3.8) is 0 Å². The molecule has 3 nitrogen and oxygen atoms in total. The molecule has 0 aromatic rings. The SMILES string of the molecule is C[C@@H]1CC[C@H](N)[C@H]1C(=O)O.